The van der Waals surface area contributed by atoms with Crippen molar-refractivity contribution >= 4 is 11.6 Å². The van der Waals surface area contributed by atoms with E-state index in [9.17, 15) is 9.90 Å². The van der Waals surface area contributed by atoms with Crippen LogP contribution < -0.4 is 5.73 Å². The molecule has 3 N–H and O–H groups in total. The second-order valence-electron chi connectivity index (χ2n) is 5.57. The average Bonchev–Trinajstić information content (AvgIpc) is 2.86. The zero-order chi connectivity index (χ0) is 14.7. The van der Waals surface area contributed by atoms with Gasteiger partial charge in [0.25, 0.3) is 0 Å². The number of nitrogen functional groups attached to an aromatic ring is 1. The fourth-order valence-electron chi connectivity index (χ4n) is 2.67. The Balaban J connectivity index is 2.01. The smallest absolute Gasteiger partial charge is 0.239 e. The van der Waals surface area contributed by atoms with Gasteiger partial charge in [-0.3, -0.25) is 9.69 Å². The highest BCUT2D eigenvalue weighted by molar-refractivity contribution is 5.81. The number of carbonyl (C=O) groups is 1. The van der Waals surface area contributed by atoms with Gasteiger partial charge in [-0.25, -0.2) is 0 Å². The summed E-state index contributed by atoms with van der Waals surface area (Å²) in [5.41, 5.74) is 7.16. The number of rotatable bonds is 4. The third-order valence-corrected chi connectivity index (χ3v) is 3.82. The number of benzene rings is 1. The van der Waals surface area contributed by atoms with Crippen LogP contribution in [0.15, 0.2) is 24.3 Å². The molecule has 1 aliphatic heterocycles. The lowest BCUT2D eigenvalue weighted by Crippen LogP contribution is -2.44. The van der Waals surface area contributed by atoms with Crippen LogP contribution in [0.2, 0.25) is 0 Å². The minimum Gasteiger partial charge on any atom is -0.399 e. The van der Waals surface area contributed by atoms with E-state index >= 15 is 0 Å². The molecule has 0 saturated carbocycles. The summed E-state index contributed by atoms with van der Waals surface area (Å²) < 4.78 is 0. The molecule has 1 amide bonds. The Hall–Kier alpha value is -1.59. The summed E-state index contributed by atoms with van der Waals surface area (Å²) in [6.07, 6.45) is 1.27. The van der Waals surface area contributed by atoms with Gasteiger partial charge < -0.3 is 15.7 Å². The Morgan fingerprint density at radius 3 is 2.70 bits per heavy atom. The van der Waals surface area contributed by atoms with Gasteiger partial charge in [0.05, 0.1) is 12.1 Å². The standard InChI is InChI=1S/C15H23N3O2/c1-17(2)15(20)13-4-3-9-18(13)10-14(19)11-5-7-12(16)8-6-11/h5-8,13-14,19H,3-4,9-10,16H2,1-2H3. The summed E-state index contributed by atoms with van der Waals surface area (Å²) in [6, 6.07) is 7.13. The van der Waals surface area contributed by atoms with Gasteiger partial charge in [-0.1, -0.05) is 12.1 Å². The molecule has 1 fully saturated rings. The Labute approximate surface area is 120 Å². The fourth-order valence-corrected chi connectivity index (χ4v) is 2.67. The van der Waals surface area contributed by atoms with E-state index in [2.05, 4.69) is 4.90 Å². The number of anilines is 1. The summed E-state index contributed by atoms with van der Waals surface area (Å²) >= 11 is 0. The Morgan fingerprint density at radius 2 is 2.10 bits per heavy atom. The minimum absolute atomic E-state index is 0.103. The van der Waals surface area contributed by atoms with Crippen molar-refractivity contribution in [3.8, 4) is 0 Å². The van der Waals surface area contributed by atoms with Gasteiger partial charge in [0, 0.05) is 26.3 Å². The average molecular weight is 277 g/mol. The summed E-state index contributed by atoms with van der Waals surface area (Å²) in [5, 5.41) is 10.3. The predicted octanol–water partition coefficient (Wildman–Crippen LogP) is 0.855. The SMILES string of the molecule is CN(C)C(=O)C1CCCN1CC(O)c1ccc(N)cc1. The van der Waals surface area contributed by atoms with E-state index in [1.165, 1.54) is 0 Å². The van der Waals surface area contributed by atoms with Gasteiger partial charge in [-0.05, 0) is 37.1 Å². The molecule has 1 heterocycles. The first-order chi connectivity index (χ1) is 9.49. The molecule has 0 spiro atoms. The first-order valence-electron chi connectivity index (χ1n) is 6.97. The number of hydrogen-bond donors (Lipinski definition) is 2. The maximum atomic E-state index is 12.1. The maximum absolute atomic E-state index is 12.1. The van der Waals surface area contributed by atoms with Crippen LogP contribution in [-0.2, 0) is 4.79 Å². The van der Waals surface area contributed by atoms with E-state index < -0.39 is 6.10 Å². The number of nitrogens with zero attached hydrogens (tertiary/aromatic N) is 2. The van der Waals surface area contributed by atoms with E-state index in [0.29, 0.717) is 12.2 Å². The van der Waals surface area contributed by atoms with Gasteiger partial charge in [0.2, 0.25) is 5.91 Å². The second kappa shape index (κ2) is 6.24. The number of likely N-dealkylation sites (tertiary alicyclic amines) is 1. The molecule has 2 atom stereocenters. The van der Waals surface area contributed by atoms with E-state index in [1.807, 2.05) is 12.1 Å². The lowest BCUT2D eigenvalue weighted by Gasteiger charge is -2.28. The van der Waals surface area contributed by atoms with Gasteiger partial charge in [-0.2, -0.15) is 0 Å². The van der Waals surface area contributed by atoms with Crippen LogP contribution in [0.1, 0.15) is 24.5 Å². The van der Waals surface area contributed by atoms with Crippen molar-refractivity contribution in [2.75, 3.05) is 32.9 Å². The van der Waals surface area contributed by atoms with Crippen molar-refractivity contribution in [2.45, 2.75) is 25.0 Å². The van der Waals surface area contributed by atoms with Crippen molar-refractivity contribution in [2.24, 2.45) is 0 Å². The molecule has 20 heavy (non-hydrogen) atoms. The molecule has 110 valence electrons. The lowest BCUT2D eigenvalue weighted by atomic mass is 10.1. The Kier molecular flexibility index (Phi) is 4.62. The number of carbonyl (C=O) groups excluding carboxylic acids is 1. The van der Waals surface area contributed by atoms with Crippen LogP contribution in [-0.4, -0.2) is 54.0 Å². The van der Waals surface area contributed by atoms with Gasteiger partial charge in [0.1, 0.15) is 0 Å². The number of aliphatic hydroxyl groups excluding tert-OH is 1. The quantitative estimate of drug-likeness (QED) is 0.801. The minimum atomic E-state index is -0.592. The molecule has 0 aromatic heterocycles. The van der Waals surface area contributed by atoms with Gasteiger partial charge >= 0.3 is 0 Å². The van der Waals surface area contributed by atoms with E-state index in [4.69, 9.17) is 5.73 Å². The number of β-amino-alcohol motifs (C(OH)–C–C–N with tert-alkyl or cyclic N) is 1. The largest absolute Gasteiger partial charge is 0.399 e. The Bertz CT molecular complexity index is 459. The maximum Gasteiger partial charge on any atom is 0.239 e. The van der Waals surface area contributed by atoms with Crippen molar-refractivity contribution < 1.29 is 9.90 Å². The molecule has 0 bridgehead atoms. The molecule has 0 aliphatic carbocycles. The summed E-state index contributed by atoms with van der Waals surface area (Å²) in [6.45, 7) is 1.34. The van der Waals surface area contributed by atoms with E-state index in [0.717, 1.165) is 24.9 Å². The molecule has 1 aromatic rings. The summed E-state index contributed by atoms with van der Waals surface area (Å²) in [4.78, 5) is 15.8. The van der Waals surface area contributed by atoms with Crippen LogP contribution in [0.5, 0.6) is 0 Å². The zero-order valence-corrected chi connectivity index (χ0v) is 12.1. The highest BCUT2D eigenvalue weighted by Crippen LogP contribution is 2.23. The molecule has 1 aromatic carbocycles. The van der Waals surface area contributed by atoms with Crippen molar-refractivity contribution in [1.29, 1.82) is 0 Å². The van der Waals surface area contributed by atoms with Crippen LogP contribution in [0.25, 0.3) is 0 Å². The molecule has 2 rings (SSSR count). The molecule has 1 saturated heterocycles. The first kappa shape index (κ1) is 14.8. The van der Waals surface area contributed by atoms with Crippen molar-refractivity contribution in [3.63, 3.8) is 0 Å². The fraction of sp³-hybridized carbons (Fsp3) is 0.533. The summed E-state index contributed by atoms with van der Waals surface area (Å²) in [5.74, 6) is 0.118. The Morgan fingerprint density at radius 1 is 1.45 bits per heavy atom. The lowest BCUT2D eigenvalue weighted by molar-refractivity contribution is -0.133. The third-order valence-electron chi connectivity index (χ3n) is 3.82. The topological polar surface area (TPSA) is 69.8 Å². The van der Waals surface area contributed by atoms with Crippen LogP contribution in [0.4, 0.5) is 5.69 Å². The third kappa shape index (κ3) is 3.29. The van der Waals surface area contributed by atoms with E-state index in [1.54, 1.807) is 31.1 Å². The van der Waals surface area contributed by atoms with Crippen molar-refractivity contribution in [3.05, 3.63) is 29.8 Å². The highest BCUT2D eigenvalue weighted by Gasteiger charge is 2.32. The zero-order valence-electron chi connectivity index (χ0n) is 12.1. The highest BCUT2D eigenvalue weighted by atomic mass is 16.3. The molecule has 1 aliphatic rings. The van der Waals surface area contributed by atoms with Crippen molar-refractivity contribution in [1.82, 2.24) is 9.80 Å². The van der Waals surface area contributed by atoms with Gasteiger partial charge in [0.15, 0.2) is 0 Å². The molecular formula is C15H23N3O2. The summed E-state index contributed by atoms with van der Waals surface area (Å²) in [7, 11) is 3.55. The predicted molar refractivity (Wildman–Crippen MR) is 79.1 cm³/mol. The molecule has 5 nitrogen and oxygen atoms in total. The van der Waals surface area contributed by atoms with Crippen LogP contribution in [0.3, 0.4) is 0 Å². The number of hydrogen-bond acceptors (Lipinski definition) is 4. The number of nitrogens with two attached hydrogens (primary N) is 1. The second-order valence-corrected chi connectivity index (χ2v) is 5.57. The molecular weight excluding hydrogens is 254 g/mol. The van der Waals surface area contributed by atoms with Crippen LogP contribution >= 0.6 is 0 Å². The normalized spacial score (nSPS) is 20.9. The van der Waals surface area contributed by atoms with Gasteiger partial charge in [-0.15, -0.1) is 0 Å². The first-order valence-corrected chi connectivity index (χ1v) is 6.97. The van der Waals surface area contributed by atoms with E-state index in [-0.39, 0.29) is 11.9 Å². The monoisotopic (exact) mass is 277 g/mol. The number of amides is 1. The molecule has 2 unspecified atom stereocenters. The molecule has 0 radical (unpaired) electrons. The number of likely N-dealkylation sites (N-methyl/N-ethyl adjacent to an activating group) is 1. The number of aliphatic hydroxyl groups is 1. The molecule has 5 heteroatoms. The van der Waals surface area contributed by atoms with Crippen LogP contribution in [0, 0.1) is 0 Å².